The first-order valence-corrected chi connectivity index (χ1v) is 7.72. The monoisotopic (exact) mass is 251 g/mol. The first-order valence-electron chi connectivity index (χ1n) is 6.57. The zero-order chi connectivity index (χ0) is 12.7. The summed E-state index contributed by atoms with van der Waals surface area (Å²) in [4.78, 5) is 0. The minimum absolute atomic E-state index is 0.497. The molecule has 0 aliphatic rings. The van der Waals surface area contributed by atoms with Crippen molar-refractivity contribution in [3.8, 4) is 0 Å². The second kappa shape index (κ2) is 7.78. The van der Waals surface area contributed by atoms with Crippen LogP contribution in [0.1, 0.15) is 43.0 Å². The molecule has 0 radical (unpaired) electrons. The third-order valence-corrected chi connectivity index (χ3v) is 4.15. The van der Waals surface area contributed by atoms with Gasteiger partial charge in [-0.3, -0.25) is 0 Å². The van der Waals surface area contributed by atoms with Crippen molar-refractivity contribution in [2.75, 3.05) is 18.1 Å². The van der Waals surface area contributed by atoms with E-state index in [-0.39, 0.29) is 0 Å². The minimum atomic E-state index is 0.497. The molecule has 0 spiro atoms. The van der Waals surface area contributed by atoms with Gasteiger partial charge in [-0.25, -0.2) is 0 Å². The second-order valence-corrected chi connectivity index (χ2v) is 5.70. The van der Waals surface area contributed by atoms with Crippen LogP contribution in [0.3, 0.4) is 0 Å². The molecule has 96 valence electrons. The molecular weight excluding hydrogens is 226 g/mol. The maximum Gasteiger partial charge on any atom is 0.0414 e. The summed E-state index contributed by atoms with van der Waals surface area (Å²) in [6.45, 7) is 9.83. The third kappa shape index (κ3) is 4.72. The van der Waals surface area contributed by atoms with Gasteiger partial charge in [0.25, 0.3) is 0 Å². The van der Waals surface area contributed by atoms with Gasteiger partial charge < -0.3 is 5.32 Å². The fraction of sp³-hybridized carbons (Fsp3) is 0.600. The number of benzene rings is 1. The van der Waals surface area contributed by atoms with Crippen molar-refractivity contribution in [2.45, 2.75) is 40.2 Å². The molecule has 0 bridgehead atoms. The fourth-order valence-corrected chi connectivity index (χ4v) is 3.06. The highest BCUT2D eigenvalue weighted by atomic mass is 32.2. The molecule has 17 heavy (non-hydrogen) atoms. The molecule has 1 nitrogen and oxygen atoms in total. The van der Waals surface area contributed by atoms with Gasteiger partial charge in [0.1, 0.15) is 0 Å². The van der Waals surface area contributed by atoms with Crippen LogP contribution in [0.5, 0.6) is 0 Å². The van der Waals surface area contributed by atoms with Crippen molar-refractivity contribution in [1.29, 1.82) is 0 Å². The largest absolute Gasteiger partial charge is 0.310 e. The molecular formula is C15H25NS. The Morgan fingerprint density at radius 2 is 2.00 bits per heavy atom. The average Bonchev–Trinajstić information content (AvgIpc) is 2.28. The van der Waals surface area contributed by atoms with E-state index in [1.165, 1.54) is 34.6 Å². The highest BCUT2D eigenvalue weighted by Gasteiger charge is 2.12. The van der Waals surface area contributed by atoms with E-state index in [2.05, 4.69) is 51.2 Å². The predicted octanol–water partition coefficient (Wildman–Crippen LogP) is 4.10. The highest BCUT2D eigenvalue weighted by molar-refractivity contribution is 7.99. The van der Waals surface area contributed by atoms with Crippen LogP contribution >= 0.6 is 11.8 Å². The quantitative estimate of drug-likeness (QED) is 0.732. The summed E-state index contributed by atoms with van der Waals surface area (Å²) in [7, 11) is 0. The number of hydrogen-bond donors (Lipinski definition) is 1. The molecule has 1 rings (SSSR count). The van der Waals surface area contributed by atoms with E-state index in [0.717, 1.165) is 6.54 Å². The Morgan fingerprint density at radius 1 is 1.24 bits per heavy atom. The van der Waals surface area contributed by atoms with Gasteiger partial charge in [-0.2, -0.15) is 11.8 Å². The zero-order valence-electron chi connectivity index (χ0n) is 11.5. The summed E-state index contributed by atoms with van der Waals surface area (Å²) in [5.74, 6) is 2.43. The Morgan fingerprint density at radius 3 is 2.59 bits per heavy atom. The maximum absolute atomic E-state index is 3.60. The Labute approximate surface area is 110 Å². The molecule has 0 fully saturated rings. The molecule has 0 aromatic heterocycles. The van der Waals surface area contributed by atoms with E-state index in [4.69, 9.17) is 0 Å². The molecule has 1 aromatic carbocycles. The van der Waals surface area contributed by atoms with Crippen molar-refractivity contribution in [1.82, 2.24) is 5.32 Å². The lowest BCUT2D eigenvalue weighted by Gasteiger charge is -2.20. The summed E-state index contributed by atoms with van der Waals surface area (Å²) in [5, 5.41) is 3.60. The lowest BCUT2D eigenvalue weighted by Crippen LogP contribution is -2.24. The average molecular weight is 251 g/mol. The molecule has 0 saturated carbocycles. The van der Waals surface area contributed by atoms with Crippen LogP contribution in [-0.4, -0.2) is 18.1 Å². The topological polar surface area (TPSA) is 12.0 Å². The third-order valence-electron chi connectivity index (χ3n) is 2.88. The van der Waals surface area contributed by atoms with E-state index < -0.39 is 0 Å². The SMILES string of the molecule is CCCSCC(NCC)c1ccc(C)cc1C. The van der Waals surface area contributed by atoms with Gasteiger partial charge in [0.2, 0.25) is 0 Å². The molecule has 1 atom stereocenters. The maximum atomic E-state index is 3.60. The smallest absolute Gasteiger partial charge is 0.0414 e. The van der Waals surface area contributed by atoms with Gasteiger partial charge in [0.15, 0.2) is 0 Å². The molecule has 1 unspecified atom stereocenters. The molecule has 0 heterocycles. The Hall–Kier alpha value is -0.470. The van der Waals surface area contributed by atoms with Gasteiger partial charge in [0, 0.05) is 11.8 Å². The normalized spacial score (nSPS) is 12.7. The Kier molecular flexibility index (Phi) is 6.68. The van der Waals surface area contributed by atoms with Gasteiger partial charge >= 0.3 is 0 Å². The van der Waals surface area contributed by atoms with Crippen LogP contribution in [0, 0.1) is 13.8 Å². The molecule has 0 saturated heterocycles. The first-order chi connectivity index (χ1) is 8.19. The lowest BCUT2D eigenvalue weighted by atomic mass is 10.0. The zero-order valence-corrected chi connectivity index (χ0v) is 12.4. The summed E-state index contributed by atoms with van der Waals surface area (Å²) in [5.41, 5.74) is 4.22. The van der Waals surface area contributed by atoms with Crippen molar-refractivity contribution >= 4 is 11.8 Å². The van der Waals surface area contributed by atoms with Gasteiger partial charge in [-0.15, -0.1) is 0 Å². The summed E-state index contributed by atoms with van der Waals surface area (Å²) >= 11 is 2.05. The molecule has 1 N–H and O–H groups in total. The van der Waals surface area contributed by atoms with Gasteiger partial charge in [-0.1, -0.05) is 37.6 Å². The molecule has 0 aliphatic carbocycles. The lowest BCUT2D eigenvalue weighted by molar-refractivity contribution is 0.603. The van der Waals surface area contributed by atoms with Crippen molar-refractivity contribution in [3.05, 3.63) is 34.9 Å². The van der Waals surface area contributed by atoms with Crippen molar-refractivity contribution in [3.63, 3.8) is 0 Å². The summed E-state index contributed by atoms with van der Waals surface area (Å²) < 4.78 is 0. The molecule has 1 aromatic rings. The standard InChI is InChI=1S/C15H25NS/c1-5-9-17-11-15(16-6-2)14-8-7-12(3)10-13(14)4/h7-8,10,15-16H,5-6,9,11H2,1-4H3. The van der Waals surface area contributed by atoms with E-state index in [1.807, 2.05) is 11.8 Å². The van der Waals surface area contributed by atoms with E-state index in [0.29, 0.717) is 6.04 Å². The molecule has 2 heteroatoms. The van der Waals surface area contributed by atoms with Crippen LogP contribution in [0.2, 0.25) is 0 Å². The van der Waals surface area contributed by atoms with Crippen LogP contribution in [0.15, 0.2) is 18.2 Å². The van der Waals surface area contributed by atoms with E-state index >= 15 is 0 Å². The molecule has 0 aliphatic heterocycles. The fourth-order valence-electron chi connectivity index (χ4n) is 2.07. The van der Waals surface area contributed by atoms with Crippen LogP contribution in [0.4, 0.5) is 0 Å². The number of rotatable bonds is 7. The summed E-state index contributed by atoms with van der Waals surface area (Å²) in [6.07, 6.45) is 1.26. The van der Waals surface area contributed by atoms with Crippen LogP contribution in [-0.2, 0) is 0 Å². The number of hydrogen-bond acceptors (Lipinski definition) is 2. The Bertz CT molecular complexity index is 336. The van der Waals surface area contributed by atoms with Crippen LogP contribution < -0.4 is 5.32 Å². The van der Waals surface area contributed by atoms with Crippen molar-refractivity contribution < 1.29 is 0 Å². The Balaban J connectivity index is 2.74. The first kappa shape index (κ1) is 14.6. The number of nitrogens with one attached hydrogen (secondary N) is 1. The molecule has 0 amide bonds. The van der Waals surface area contributed by atoms with Gasteiger partial charge in [0.05, 0.1) is 0 Å². The summed E-state index contributed by atoms with van der Waals surface area (Å²) in [6, 6.07) is 7.28. The van der Waals surface area contributed by atoms with E-state index in [1.54, 1.807) is 0 Å². The van der Waals surface area contributed by atoms with Crippen LogP contribution in [0.25, 0.3) is 0 Å². The number of thioether (sulfide) groups is 1. The number of aryl methyl sites for hydroxylation is 2. The predicted molar refractivity (Wildman–Crippen MR) is 79.9 cm³/mol. The minimum Gasteiger partial charge on any atom is -0.310 e. The van der Waals surface area contributed by atoms with Crippen molar-refractivity contribution in [2.24, 2.45) is 0 Å². The second-order valence-electron chi connectivity index (χ2n) is 4.55. The van der Waals surface area contributed by atoms with Gasteiger partial charge in [-0.05, 0) is 43.7 Å². The highest BCUT2D eigenvalue weighted by Crippen LogP contribution is 2.23. The van der Waals surface area contributed by atoms with E-state index in [9.17, 15) is 0 Å².